The average molecular weight is 227 g/mol. The number of aliphatic hydroxyl groups is 1. The number of hydrogen-bond acceptors (Lipinski definition) is 6. The predicted octanol–water partition coefficient (Wildman–Crippen LogP) is 0.495. The van der Waals surface area contributed by atoms with Gasteiger partial charge in [0, 0.05) is 12.1 Å². The minimum atomic E-state index is -1.15. The summed E-state index contributed by atoms with van der Waals surface area (Å²) >= 11 is 0. The van der Waals surface area contributed by atoms with Gasteiger partial charge in [0.25, 0.3) is 11.4 Å². The molecule has 0 saturated carbocycles. The Morgan fingerprint density at radius 2 is 1.69 bits per heavy atom. The molecule has 86 valence electrons. The largest absolute Gasteiger partial charge is 0.394 e. The van der Waals surface area contributed by atoms with Crippen LogP contribution in [0, 0.1) is 20.2 Å². The molecular formula is C8H9N3O5. The monoisotopic (exact) mass is 227 g/mol. The van der Waals surface area contributed by atoms with Crippen molar-refractivity contribution in [3.8, 4) is 0 Å². The Kier molecular flexibility index (Phi) is 3.48. The van der Waals surface area contributed by atoms with E-state index < -0.39 is 33.9 Å². The summed E-state index contributed by atoms with van der Waals surface area (Å²) < 4.78 is 0. The van der Waals surface area contributed by atoms with E-state index in [4.69, 9.17) is 10.8 Å². The number of nitrogens with two attached hydrogens (primary N) is 1. The van der Waals surface area contributed by atoms with Gasteiger partial charge in [-0.25, -0.2) is 0 Å². The third-order valence-corrected chi connectivity index (χ3v) is 2.02. The molecule has 0 aliphatic heterocycles. The van der Waals surface area contributed by atoms with E-state index >= 15 is 0 Å². The Morgan fingerprint density at radius 1 is 1.25 bits per heavy atom. The average Bonchev–Trinajstić information content (AvgIpc) is 2.26. The Bertz CT molecular complexity index is 401. The standard InChI is InChI=1S/C8H9N3O5/c9-5(4-12)8-6(10(13)14)2-1-3-7(8)11(15)16/h1-3,5,12H,4,9H2/t5-/m0/s1. The van der Waals surface area contributed by atoms with Crippen LogP contribution in [0.3, 0.4) is 0 Å². The molecule has 0 aliphatic carbocycles. The molecule has 0 aliphatic rings. The van der Waals surface area contributed by atoms with Crippen molar-refractivity contribution in [2.75, 3.05) is 6.61 Å². The number of benzene rings is 1. The first-order valence-corrected chi connectivity index (χ1v) is 4.27. The van der Waals surface area contributed by atoms with Crippen LogP contribution >= 0.6 is 0 Å². The van der Waals surface area contributed by atoms with E-state index in [0.717, 1.165) is 12.1 Å². The van der Waals surface area contributed by atoms with Crippen LogP contribution in [-0.4, -0.2) is 21.6 Å². The number of hydrogen-bond donors (Lipinski definition) is 2. The van der Waals surface area contributed by atoms with Crippen LogP contribution in [0.4, 0.5) is 11.4 Å². The van der Waals surface area contributed by atoms with Crippen LogP contribution in [0.5, 0.6) is 0 Å². The lowest BCUT2D eigenvalue weighted by molar-refractivity contribution is -0.395. The molecule has 16 heavy (non-hydrogen) atoms. The zero-order valence-corrected chi connectivity index (χ0v) is 8.07. The fourth-order valence-corrected chi connectivity index (χ4v) is 1.33. The SMILES string of the molecule is N[C@@H](CO)c1c([N+](=O)[O-])cccc1[N+](=O)[O-]. The number of aliphatic hydroxyl groups excluding tert-OH is 1. The highest BCUT2D eigenvalue weighted by Gasteiger charge is 2.28. The Hall–Kier alpha value is -2.06. The van der Waals surface area contributed by atoms with Crippen molar-refractivity contribution in [3.63, 3.8) is 0 Å². The zero-order valence-electron chi connectivity index (χ0n) is 8.07. The summed E-state index contributed by atoms with van der Waals surface area (Å²) in [7, 11) is 0. The van der Waals surface area contributed by atoms with E-state index in [-0.39, 0.29) is 5.56 Å². The summed E-state index contributed by atoms with van der Waals surface area (Å²) in [6.07, 6.45) is 0. The molecule has 1 aromatic carbocycles. The lowest BCUT2D eigenvalue weighted by Crippen LogP contribution is -2.17. The minimum absolute atomic E-state index is 0.264. The van der Waals surface area contributed by atoms with E-state index in [2.05, 4.69) is 0 Å². The first-order chi connectivity index (χ1) is 7.49. The molecular weight excluding hydrogens is 218 g/mol. The normalized spacial score (nSPS) is 12.1. The van der Waals surface area contributed by atoms with Gasteiger partial charge in [-0.2, -0.15) is 0 Å². The molecule has 1 aromatic rings. The summed E-state index contributed by atoms with van der Waals surface area (Å²) in [5, 5.41) is 30.2. The highest BCUT2D eigenvalue weighted by atomic mass is 16.6. The summed E-state index contributed by atoms with van der Waals surface area (Å²) in [5.41, 5.74) is 4.22. The molecule has 0 bridgehead atoms. The Balaban J connectivity index is 3.46. The smallest absolute Gasteiger partial charge is 0.281 e. The van der Waals surface area contributed by atoms with Gasteiger partial charge in [-0.3, -0.25) is 20.2 Å². The lowest BCUT2D eigenvalue weighted by Gasteiger charge is -2.09. The molecule has 1 atom stereocenters. The first kappa shape index (κ1) is 12.0. The minimum Gasteiger partial charge on any atom is -0.394 e. The summed E-state index contributed by atoms with van der Waals surface area (Å²) in [4.78, 5) is 19.8. The molecule has 0 saturated heterocycles. The highest BCUT2D eigenvalue weighted by molar-refractivity contribution is 5.55. The fourth-order valence-electron chi connectivity index (χ4n) is 1.33. The quantitative estimate of drug-likeness (QED) is 0.568. The van der Waals surface area contributed by atoms with E-state index in [1.54, 1.807) is 0 Å². The van der Waals surface area contributed by atoms with Crippen LogP contribution in [0.1, 0.15) is 11.6 Å². The van der Waals surface area contributed by atoms with Crippen molar-refractivity contribution in [1.82, 2.24) is 0 Å². The van der Waals surface area contributed by atoms with Crippen molar-refractivity contribution in [2.24, 2.45) is 5.73 Å². The van der Waals surface area contributed by atoms with Crippen LogP contribution < -0.4 is 5.73 Å². The summed E-state index contributed by atoms with van der Waals surface area (Å²) in [6, 6.07) is 2.27. The lowest BCUT2D eigenvalue weighted by atomic mass is 10.0. The maximum absolute atomic E-state index is 10.7. The molecule has 0 unspecified atom stereocenters. The van der Waals surface area contributed by atoms with Crippen LogP contribution in [-0.2, 0) is 0 Å². The van der Waals surface area contributed by atoms with E-state index in [1.165, 1.54) is 6.07 Å². The number of nitro benzene ring substituents is 2. The zero-order chi connectivity index (χ0) is 12.3. The molecule has 3 N–H and O–H groups in total. The van der Waals surface area contributed by atoms with E-state index in [9.17, 15) is 20.2 Å². The molecule has 8 nitrogen and oxygen atoms in total. The van der Waals surface area contributed by atoms with Crippen molar-refractivity contribution in [2.45, 2.75) is 6.04 Å². The number of nitrogens with zero attached hydrogens (tertiary/aromatic N) is 2. The first-order valence-electron chi connectivity index (χ1n) is 4.27. The van der Waals surface area contributed by atoms with Crippen LogP contribution in [0.25, 0.3) is 0 Å². The predicted molar refractivity (Wildman–Crippen MR) is 53.8 cm³/mol. The van der Waals surface area contributed by atoms with Crippen molar-refractivity contribution in [1.29, 1.82) is 0 Å². The topological polar surface area (TPSA) is 133 Å². The maximum atomic E-state index is 10.7. The molecule has 0 aromatic heterocycles. The molecule has 0 radical (unpaired) electrons. The second kappa shape index (κ2) is 4.64. The van der Waals surface area contributed by atoms with Gasteiger partial charge in [-0.15, -0.1) is 0 Å². The van der Waals surface area contributed by atoms with Gasteiger partial charge in [-0.05, 0) is 6.07 Å². The molecule has 0 spiro atoms. The van der Waals surface area contributed by atoms with Gasteiger partial charge >= 0.3 is 0 Å². The van der Waals surface area contributed by atoms with Crippen molar-refractivity contribution in [3.05, 3.63) is 44.0 Å². The molecule has 1 rings (SSSR count). The van der Waals surface area contributed by atoms with E-state index in [1.807, 2.05) is 0 Å². The highest BCUT2D eigenvalue weighted by Crippen LogP contribution is 2.32. The fraction of sp³-hybridized carbons (Fsp3) is 0.250. The van der Waals surface area contributed by atoms with Crippen molar-refractivity contribution >= 4 is 11.4 Å². The molecule has 0 heterocycles. The molecule has 0 fully saturated rings. The molecule has 8 heteroatoms. The third kappa shape index (κ3) is 2.12. The molecule has 0 amide bonds. The van der Waals surface area contributed by atoms with Gasteiger partial charge in [0.05, 0.1) is 22.5 Å². The maximum Gasteiger partial charge on any atom is 0.281 e. The van der Waals surface area contributed by atoms with Crippen LogP contribution in [0.2, 0.25) is 0 Å². The number of nitro groups is 2. The summed E-state index contributed by atoms with van der Waals surface area (Å²) in [6.45, 7) is -0.605. The van der Waals surface area contributed by atoms with Gasteiger partial charge in [0.2, 0.25) is 0 Å². The van der Waals surface area contributed by atoms with Gasteiger partial charge < -0.3 is 10.8 Å². The van der Waals surface area contributed by atoms with Gasteiger partial charge in [0.1, 0.15) is 5.56 Å². The number of rotatable bonds is 4. The Morgan fingerprint density at radius 3 is 2.00 bits per heavy atom. The van der Waals surface area contributed by atoms with Gasteiger partial charge in [0.15, 0.2) is 0 Å². The second-order valence-corrected chi connectivity index (χ2v) is 3.01. The van der Waals surface area contributed by atoms with Gasteiger partial charge in [-0.1, -0.05) is 0 Å². The van der Waals surface area contributed by atoms with Crippen LogP contribution in [0.15, 0.2) is 18.2 Å². The second-order valence-electron chi connectivity index (χ2n) is 3.01. The van der Waals surface area contributed by atoms with E-state index in [0.29, 0.717) is 0 Å². The Labute approximate surface area is 89.6 Å². The summed E-state index contributed by atoms with van der Waals surface area (Å²) in [5.74, 6) is 0. The third-order valence-electron chi connectivity index (χ3n) is 2.02. The van der Waals surface area contributed by atoms with Crippen molar-refractivity contribution < 1.29 is 15.0 Å².